The molecule has 3 aromatic carbocycles. The van der Waals surface area contributed by atoms with E-state index in [1.165, 1.54) is 80.7 Å². The summed E-state index contributed by atoms with van der Waals surface area (Å²) >= 11 is 0. The average molecular weight is 437 g/mol. The second-order valence-electron chi connectivity index (χ2n) is 10.8. The molecule has 0 unspecified atom stereocenters. The second kappa shape index (κ2) is 7.58. The van der Waals surface area contributed by atoms with Crippen molar-refractivity contribution in [2.45, 2.75) is 65.7 Å². The van der Waals surface area contributed by atoms with Gasteiger partial charge in [0, 0.05) is 16.2 Å². The number of pyridine rings is 1. The lowest BCUT2D eigenvalue weighted by Crippen LogP contribution is -2.32. The van der Waals surface area contributed by atoms with E-state index in [1.807, 2.05) is 0 Å². The molecule has 0 bridgehead atoms. The third-order valence-electron chi connectivity index (χ3n) is 7.92. The molecule has 2 heterocycles. The number of nitrogens with zero attached hydrogens (tertiary/aromatic N) is 1. The van der Waals surface area contributed by atoms with E-state index in [2.05, 4.69) is 81.9 Å². The van der Waals surface area contributed by atoms with E-state index in [9.17, 15) is 0 Å². The van der Waals surface area contributed by atoms with Crippen LogP contribution in [0.15, 0.2) is 42.6 Å². The largest absolute Gasteiger partial charge is 0.449 e. The van der Waals surface area contributed by atoms with Crippen molar-refractivity contribution < 1.29 is 9.30 Å². The van der Waals surface area contributed by atoms with Gasteiger partial charge in [-0.1, -0.05) is 44.9 Å². The molecule has 0 saturated heterocycles. The van der Waals surface area contributed by atoms with Crippen LogP contribution in [-0.4, -0.2) is 0 Å². The van der Waals surface area contributed by atoms with E-state index in [0.717, 1.165) is 17.9 Å². The SMILES string of the molecule is Cc1cc2cc(CC(C)C)cc3c2c(c1C)-c1c(c2cc(C4CCCC4)ccc2c[n+]1C)O3. The van der Waals surface area contributed by atoms with Gasteiger partial charge in [0.15, 0.2) is 6.20 Å². The van der Waals surface area contributed by atoms with Crippen LogP contribution in [0.25, 0.3) is 32.8 Å². The summed E-state index contributed by atoms with van der Waals surface area (Å²) in [6, 6.07) is 14.1. The minimum Gasteiger partial charge on any atom is -0.449 e. The highest BCUT2D eigenvalue weighted by molar-refractivity contribution is 6.07. The van der Waals surface area contributed by atoms with Crippen LogP contribution in [0.1, 0.15) is 67.7 Å². The van der Waals surface area contributed by atoms with Gasteiger partial charge in [-0.25, -0.2) is 0 Å². The third kappa shape index (κ3) is 3.26. The van der Waals surface area contributed by atoms with Crippen molar-refractivity contribution in [2.75, 3.05) is 0 Å². The first-order valence-electron chi connectivity index (χ1n) is 12.6. The molecule has 2 nitrogen and oxygen atoms in total. The highest BCUT2D eigenvalue weighted by Crippen LogP contribution is 2.50. The van der Waals surface area contributed by atoms with Gasteiger partial charge in [-0.3, -0.25) is 0 Å². The summed E-state index contributed by atoms with van der Waals surface area (Å²) in [7, 11) is 2.16. The molecule has 33 heavy (non-hydrogen) atoms. The quantitative estimate of drug-likeness (QED) is 0.261. The minimum atomic E-state index is 0.615. The van der Waals surface area contributed by atoms with Crippen LogP contribution in [0, 0.1) is 19.8 Å². The summed E-state index contributed by atoms with van der Waals surface area (Å²) in [6.07, 6.45) is 8.68. The lowest BCUT2D eigenvalue weighted by atomic mass is 9.87. The van der Waals surface area contributed by atoms with Crippen LogP contribution in [-0.2, 0) is 13.5 Å². The monoisotopic (exact) mass is 436 g/mol. The molecule has 1 aromatic heterocycles. The summed E-state index contributed by atoms with van der Waals surface area (Å²) in [5.74, 6) is 3.36. The Morgan fingerprint density at radius 3 is 2.55 bits per heavy atom. The van der Waals surface area contributed by atoms with Gasteiger partial charge in [-0.05, 0) is 90.8 Å². The predicted octanol–water partition coefficient (Wildman–Crippen LogP) is 8.06. The molecule has 1 aliphatic heterocycles. The molecule has 0 spiro atoms. The molecule has 2 heteroatoms. The molecule has 168 valence electrons. The molecule has 1 aliphatic carbocycles. The van der Waals surface area contributed by atoms with E-state index < -0.39 is 0 Å². The van der Waals surface area contributed by atoms with Gasteiger partial charge in [0.1, 0.15) is 12.8 Å². The normalized spacial score (nSPS) is 15.5. The summed E-state index contributed by atoms with van der Waals surface area (Å²) in [6.45, 7) is 9.09. The molecule has 1 saturated carbocycles. The van der Waals surface area contributed by atoms with Gasteiger partial charge in [0.2, 0.25) is 5.75 Å². The number of benzene rings is 3. The zero-order chi connectivity index (χ0) is 22.9. The van der Waals surface area contributed by atoms with Gasteiger partial charge >= 0.3 is 0 Å². The molecule has 6 rings (SSSR count). The van der Waals surface area contributed by atoms with Crippen molar-refractivity contribution in [2.24, 2.45) is 13.0 Å². The van der Waals surface area contributed by atoms with Crippen LogP contribution in [0.3, 0.4) is 0 Å². The standard InChI is InChI=1S/C31H34NO/c1-18(2)12-21-14-25-13-19(3)20(4)28-29(25)27(15-21)33-31-26-16-23(22-8-6-7-9-22)10-11-24(26)17-32(5)30(28)31/h10-11,13-18,22H,6-9,12H2,1-5H3/q+1. The summed E-state index contributed by atoms with van der Waals surface area (Å²) in [5.41, 5.74) is 8.09. The lowest BCUT2D eigenvalue weighted by molar-refractivity contribution is -0.659. The molecular weight excluding hydrogens is 402 g/mol. The fourth-order valence-corrected chi connectivity index (χ4v) is 6.23. The summed E-state index contributed by atoms with van der Waals surface area (Å²) in [4.78, 5) is 0. The van der Waals surface area contributed by atoms with Crippen molar-refractivity contribution in [1.82, 2.24) is 0 Å². The number of aryl methyl sites for hydroxylation is 2. The molecule has 1 fully saturated rings. The number of aromatic nitrogens is 1. The average Bonchev–Trinajstić information content (AvgIpc) is 3.31. The second-order valence-corrected chi connectivity index (χ2v) is 10.8. The Bertz CT molecular complexity index is 1420. The predicted molar refractivity (Wildman–Crippen MR) is 137 cm³/mol. The molecule has 0 atom stereocenters. The van der Waals surface area contributed by atoms with Gasteiger partial charge < -0.3 is 4.74 Å². The zero-order valence-corrected chi connectivity index (χ0v) is 20.6. The maximum absolute atomic E-state index is 6.86. The number of hydrogen-bond donors (Lipinski definition) is 0. The van der Waals surface area contributed by atoms with Crippen LogP contribution < -0.4 is 9.30 Å². The molecule has 4 aromatic rings. The Hall–Kier alpha value is -2.87. The number of ether oxygens (including phenoxy) is 1. The lowest BCUT2D eigenvalue weighted by Gasteiger charge is -2.24. The molecule has 0 N–H and O–H groups in total. The third-order valence-corrected chi connectivity index (χ3v) is 7.92. The molecule has 2 aliphatic rings. The zero-order valence-electron chi connectivity index (χ0n) is 20.6. The highest BCUT2D eigenvalue weighted by Gasteiger charge is 2.32. The Labute approximate surface area is 197 Å². The fraction of sp³-hybridized carbons (Fsp3) is 0.387. The van der Waals surface area contributed by atoms with E-state index in [-0.39, 0.29) is 0 Å². The van der Waals surface area contributed by atoms with Gasteiger partial charge in [0.25, 0.3) is 5.69 Å². The van der Waals surface area contributed by atoms with Crippen molar-refractivity contribution in [3.8, 4) is 22.8 Å². The molecule has 0 radical (unpaired) electrons. The molecular formula is C31H34NO+. The first kappa shape index (κ1) is 20.7. The Balaban J connectivity index is 1.66. The van der Waals surface area contributed by atoms with Crippen molar-refractivity contribution in [1.29, 1.82) is 0 Å². The van der Waals surface area contributed by atoms with E-state index >= 15 is 0 Å². The van der Waals surface area contributed by atoms with Crippen LogP contribution in [0.2, 0.25) is 0 Å². The summed E-state index contributed by atoms with van der Waals surface area (Å²) < 4.78 is 9.13. The minimum absolute atomic E-state index is 0.615. The maximum atomic E-state index is 6.86. The Morgan fingerprint density at radius 2 is 1.79 bits per heavy atom. The van der Waals surface area contributed by atoms with Crippen LogP contribution in [0.4, 0.5) is 0 Å². The van der Waals surface area contributed by atoms with E-state index in [1.54, 1.807) is 0 Å². The van der Waals surface area contributed by atoms with Crippen LogP contribution >= 0.6 is 0 Å². The van der Waals surface area contributed by atoms with Crippen molar-refractivity contribution in [3.63, 3.8) is 0 Å². The van der Waals surface area contributed by atoms with Crippen molar-refractivity contribution in [3.05, 3.63) is 64.8 Å². The first-order chi connectivity index (χ1) is 15.9. The van der Waals surface area contributed by atoms with E-state index in [0.29, 0.717) is 11.8 Å². The van der Waals surface area contributed by atoms with Gasteiger partial charge in [-0.2, -0.15) is 4.57 Å². The van der Waals surface area contributed by atoms with Gasteiger partial charge in [-0.15, -0.1) is 0 Å². The number of hydrogen-bond acceptors (Lipinski definition) is 1. The Morgan fingerprint density at radius 1 is 1.00 bits per heavy atom. The molecule has 0 amide bonds. The van der Waals surface area contributed by atoms with E-state index in [4.69, 9.17) is 4.74 Å². The smallest absolute Gasteiger partial charge is 0.257 e. The number of fused-ring (bicyclic) bond motifs is 4. The van der Waals surface area contributed by atoms with Gasteiger partial charge in [0.05, 0.1) is 5.56 Å². The number of rotatable bonds is 3. The first-order valence-corrected chi connectivity index (χ1v) is 12.6. The van der Waals surface area contributed by atoms with Crippen LogP contribution in [0.5, 0.6) is 11.5 Å². The maximum Gasteiger partial charge on any atom is 0.257 e. The Kier molecular flexibility index (Phi) is 4.76. The topological polar surface area (TPSA) is 13.1 Å². The summed E-state index contributed by atoms with van der Waals surface area (Å²) in [5, 5.41) is 5.06. The van der Waals surface area contributed by atoms with Crippen molar-refractivity contribution >= 4 is 21.5 Å². The fourth-order valence-electron chi connectivity index (χ4n) is 6.23. The highest BCUT2D eigenvalue weighted by atomic mass is 16.5.